The standard InChI is InChI=1S/C17H19N5OS/c1-10-19-16(15-11-3-2-4-14(11)24-17(15)20-10)22-7-8-23-9-13(22)12-5-6-18-21-12/h5-6,13H,2-4,7-9H2,1H3,(H,18,21). The van der Waals surface area contributed by atoms with Crippen LogP contribution in [0, 0.1) is 6.92 Å². The molecule has 1 saturated heterocycles. The number of nitrogens with zero attached hydrogens (tertiary/aromatic N) is 4. The van der Waals surface area contributed by atoms with Crippen LogP contribution >= 0.6 is 11.3 Å². The summed E-state index contributed by atoms with van der Waals surface area (Å²) in [5, 5.41) is 8.49. The number of fused-ring (bicyclic) bond motifs is 3. The summed E-state index contributed by atoms with van der Waals surface area (Å²) in [4.78, 5) is 14.6. The predicted octanol–water partition coefficient (Wildman–Crippen LogP) is 2.79. The number of morpholine rings is 1. The first-order valence-corrected chi connectivity index (χ1v) is 9.25. The first kappa shape index (κ1) is 14.4. The SMILES string of the molecule is Cc1nc(N2CCOCC2c2ccn[nH]2)c2c3c(sc2n1)CCC3. The Morgan fingerprint density at radius 2 is 2.29 bits per heavy atom. The molecule has 2 aliphatic rings. The number of ether oxygens (including phenoxy) is 1. The fourth-order valence-corrected chi connectivity index (χ4v) is 5.16. The first-order chi connectivity index (χ1) is 11.8. The van der Waals surface area contributed by atoms with E-state index in [4.69, 9.17) is 14.7 Å². The number of thiophene rings is 1. The molecule has 0 saturated carbocycles. The fraction of sp³-hybridized carbons (Fsp3) is 0.471. The highest BCUT2D eigenvalue weighted by Crippen LogP contribution is 2.42. The Bertz CT molecular complexity index is 888. The van der Waals surface area contributed by atoms with Gasteiger partial charge in [0.25, 0.3) is 0 Å². The highest BCUT2D eigenvalue weighted by Gasteiger charge is 2.31. The van der Waals surface area contributed by atoms with Gasteiger partial charge in [0, 0.05) is 17.6 Å². The van der Waals surface area contributed by atoms with Gasteiger partial charge in [0.2, 0.25) is 0 Å². The Kier molecular flexibility index (Phi) is 3.31. The largest absolute Gasteiger partial charge is 0.377 e. The van der Waals surface area contributed by atoms with Gasteiger partial charge in [0.1, 0.15) is 16.5 Å². The molecule has 5 rings (SSSR count). The van der Waals surface area contributed by atoms with E-state index in [1.807, 2.05) is 24.3 Å². The number of H-pyrrole nitrogens is 1. The third-order valence-electron chi connectivity index (χ3n) is 4.94. The lowest BCUT2D eigenvalue weighted by molar-refractivity contribution is 0.0927. The van der Waals surface area contributed by atoms with Crippen LogP contribution in [0.3, 0.4) is 0 Å². The van der Waals surface area contributed by atoms with Crippen LogP contribution < -0.4 is 4.90 Å². The molecule has 6 nitrogen and oxygen atoms in total. The molecule has 3 aromatic rings. The number of aromatic amines is 1. The minimum atomic E-state index is 0.121. The summed E-state index contributed by atoms with van der Waals surface area (Å²) in [6, 6.07) is 2.14. The average Bonchev–Trinajstić information content (AvgIpc) is 3.31. The van der Waals surface area contributed by atoms with Crippen molar-refractivity contribution in [3.05, 3.63) is 34.2 Å². The maximum atomic E-state index is 5.74. The number of nitrogens with one attached hydrogen (secondary N) is 1. The second-order valence-corrected chi connectivity index (χ2v) is 7.51. The smallest absolute Gasteiger partial charge is 0.142 e. The second-order valence-electron chi connectivity index (χ2n) is 6.43. The molecule has 124 valence electrons. The van der Waals surface area contributed by atoms with Crippen LogP contribution in [0.5, 0.6) is 0 Å². The van der Waals surface area contributed by atoms with Crippen molar-refractivity contribution >= 4 is 27.4 Å². The molecule has 24 heavy (non-hydrogen) atoms. The van der Waals surface area contributed by atoms with E-state index < -0.39 is 0 Å². The molecule has 3 aromatic heterocycles. The maximum Gasteiger partial charge on any atom is 0.142 e. The number of hydrogen-bond donors (Lipinski definition) is 1. The van der Waals surface area contributed by atoms with Crippen LogP contribution in [-0.4, -0.2) is 39.9 Å². The summed E-state index contributed by atoms with van der Waals surface area (Å²) in [7, 11) is 0. The summed E-state index contributed by atoms with van der Waals surface area (Å²) in [6.07, 6.45) is 5.37. The maximum absolute atomic E-state index is 5.74. The van der Waals surface area contributed by atoms with Crippen LogP contribution in [-0.2, 0) is 17.6 Å². The molecular weight excluding hydrogens is 322 g/mol. The van der Waals surface area contributed by atoms with E-state index in [1.165, 1.54) is 28.7 Å². The molecule has 4 heterocycles. The Balaban J connectivity index is 1.69. The quantitative estimate of drug-likeness (QED) is 0.776. The Hall–Kier alpha value is -1.99. The van der Waals surface area contributed by atoms with Crippen LogP contribution in [0.1, 0.15) is 34.4 Å². The van der Waals surface area contributed by atoms with Crippen molar-refractivity contribution < 1.29 is 4.74 Å². The van der Waals surface area contributed by atoms with E-state index in [1.54, 1.807) is 6.20 Å². The van der Waals surface area contributed by atoms with Gasteiger partial charge in [-0.2, -0.15) is 5.10 Å². The summed E-state index contributed by atoms with van der Waals surface area (Å²) in [5.41, 5.74) is 2.55. The van der Waals surface area contributed by atoms with Crippen LogP contribution in [0.15, 0.2) is 12.3 Å². The Morgan fingerprint density at radius 3 is 3.17 bits per heavy atom. The summed E-state index contributed by atoms with van der Waals surface area (Å²) in [6.45, 7) is 4.19. The average molecular weight is 341 g/mol. The van der Waals surface area contributed by atoms with Crippen molar-refractivity contribution in [3.63, 3.8) is 0 Å². The van der Waals surface area contributed by atoms with Gasteiger partial charge in [-0.05, 0) is 37.8 Å². The van der Waals surface area contributed by atoms with Crippen molar-refractivity contribution in [1.82, 2.24) is 20.2 Å². The zero-order valence-corrected chi connectivity index (χ0v) is 14.4. The second kappa shape index (κ2) is 5.53. The highest BCUT2D eigenvalue weighted by atomic mass is 32.1. The van der Waals surface area contributed by atoms with E-state index in [0.717, 1.165) is 41.7 Å². The van der Waals surface area contributed by atoms with Gasteiger partial charge >= 0.3 is 0 Å². The molecule has 1 atom stereocenters. The third-order valence-corrected chi connectivity index (χ3v) is 6.12. The lowest BCUT2D eigenvalue weighted by atomic mass is 10.1. The van der Waals surface area contributed by atoms with Crippen molar-refractivity contribution in [3.8, 4) is 0 Å². The molecule has 1 unspecified atom stereocenters. The normalized spacial score (nSPS) is 20.7. The molecule has 0 bridgehead atoms. The van der Waals surface area contributed by atoms with Crippen LogP contribution in [0.2, 0.25) is 0 Å². The number of anilines is 1. The van der Waals surface area contributed by atoms with Gasteiger partial charge < -0.3 is 9.64 Å². The molecule has 1 fully saturated rings. The van der Waals surface area contributed by atoms with E-state index >= 15 is 0 Å². The van der Waals surface area contributed by atoms with Crippen molar-refractivity contribution in [2.45, 2.75) is 32.2 Å². The number of aryl methyl sites for hydroxylation is 3. The molecule has 0 spiro atoms. The molecule has 7 heteroatoms. The Labute approximate surface area is 143 Å². The third kappa shape index (κ3) is 2.15. The molecule has 0 aromatic carbocycles. The highest BCUT2D eigenvalue weighted by molar-refractivity contribution is 7.19. The molecule has 1 aliphatic carbocycles. The van der Waals surface area contributed by atoms with E-state index in [2.05, 4.69) is 15.1 Å². The van der Waals surface area contributed by atoms with Gasteiger partial charge in [-0.1, -0.05) is 0 Å². The summed E-state index contributed by atoms with van der Waals surface area (Å²) < 4.78 is 5.74. The molecule has 0 amide bonds. The molecular formula is C17H19N5OS. The topological polar surface area (TPSA) is 66.9 Å². The van der Waals surface area contributed by atoms with E-state index in [-0.39, 0.29) is 6.04 Å². The Morgan fingerprint density at radius 1 is 1.33 bits per heavy atom. The predicted molar refractivity (Wildman–Crippen MR) is 93.7 cm³/mol. The van der Waals surface area contributed by atoms with Gasteiger partial charge in [-0.15, -0.1) is 11.3 Å². The fourth-order valence-electron chi connectivity index (χ4n) is 3.86. The zero-order valence-electron chi connectivity index (χ0n) is 13.6. The summed E-state index contributed by atoms with van der Waals surface area (Å²) >= 11 is 1.85. The van der Waals surface area contributed by atoms with Crippen molar-refractivity contribution in [2.75, 3.05) is 24.7 Å². The lowest BCUT2D eigenvalue weighted by Crippen LogP contribution is -2.40. The number of aromatic nitrogens is 4. The van der Waals surface area contributed by atoms with Crippen molar-refractivity contribution in [1.29, 1.82) is 0 Å². The molecule has 1 N–H and O–H groups in total. The molecule has 0 radical (unpaired) electrons. The summed E-state index contributed by atoms with van der Waals surface area (Å²) in [5.74, 6) is 1.91. The molecule has 1 aliphatic heterocycles. The van der Waals surface area contributed by atoms with E-state index in [9.17, 15) is 0 Å². The number of hydrogen-bond acceptors (Lipinski definition) is 6. The van der Waals surface area contributed by atoms with Gasteiger partial charge in [0.15, 0.2) is 0 Å². The minimum Gasteiger partial charge on any atom is -0.377 e. The van der Waals surface area contributed by atoms with Gasteiger partial charge in [-0.25, -0.2) is 9.97 Å². The van der Waals surface area contributed by atoms with Crippen LogP contribution in [0.25, 0.3) is 10.2 Å². The lowest BCUT2D eigenvalue weighted by Gasteiger charge is -2.36. The zero-order chi connectivity index (χ0) is 16.1. The van der Waals surface area contributed by atoms with Gasteiger partial charge in [-0.3, -0.25) is 5.10 Å². The van der Waals surface area contributed by atoms with Crippen molar-refractivity contribution in [2.24, 2.45) is 0 Å². The number of rotatable bonds is 2. The minimum absolute atomic E-state index is 0.121. The first-order valence-electron chi connectivity index (χ1n) is 8.44. The monoisotopic (exact) mass is 341 g/mol. The van der Waals surface area contributed by atoms with E-state index in [0.29, 0.717) is 6.61 Å². The van der Waals surface area contributed by atoms with Gasteiger partial charge in [0.05, 0.1) is 30.3 Å². The van der Waals surface area contributed by atoms with Crippen LogP contribution in [0.4, 0.5) is 5.82 Å².